The molecular weight excluding hydrogens is 1350 g/mol. The monoisotopic (exact) mass is 1430 g/mol. The molecule has 16 rings (SSSR count). The van der Waals surface area contributed by atoms with E-state index in [0.29, 0.717) is 34.6 Å². The van der Waals surface area contributed by atoms with Crippen molar-refractivity contribution in [1.29, 1.82) is 0 Å². The van der Waals surface area contributed by atoms with E-state index in [4.69, 9.17) is 63.2 Å². The Hall–Kier alpha value is -12.9. The number of nitrogen functional groups attached to an aromatic ring is 3. The molecule has 1 saturated heterocycles. The highest BCUT2D eigenvalue weighted by Crippen LogP contribution is 2.38. The number of nitrogens with one attached hydrogen (secondary N) is 3. The molecule has 1 aliphatic heterocycles. The zero-order valence-corrected chi connectivity index (χ0v) is 59.4. The maximum Gasteiger partial charge on any atom is 0.252 e. The molecule has 0 aliphatic carbocycles. The zero-order valence-electron chi connectivity index (χ0n) is 58.7. The Bertz CT molecular complexity index is 6060. The molecular formula is C76H79ClN22O6. The minimum Gasteiger partial charge on any atom is -0.383 e. The van der Waals surface area contributed by atoms with Crippen LogP contribution in [0.4, 0.5) is 29.1 Å². The predicted octanol–water partition coefficient (Wildman–Crippen LogP) is 9.78. The fourth-order valence-corrected chi connectivity index (χ4v) is 13.7. The van der Waals surface area contributed by atoms with Crippen molar-refractivity contribution in [2.24, 2.45) is 34.4 Å². The number of amides is 6. The van der Waals surface area contributed by atoms with Crippen molar-refractivity contribution in [2.45, 2.75) is 79.3 Å². The number of primary amides is 5. The summed E-state index contributed by atoms with van der Waals surface area (Å²) in [6, 6.07) is 46.6. The van der Waals surface area contributed by atoms with Crippen molar-refractivity contribution in [2.75, 3.05) is 48.0 Å². The Morgan fingerprint density at radius 3 is 1.17 bits per heavy atom. The fourth-order valence-electron chi connectivity index (χ4n) is 13.6. The van der Waals surface area contributed by atoms with Gasteiger partial charge in [-0.1, -0.05) is 90.5 Å². The minimum absolute atomic E-state index is 0.138. The predicted molar refractivity (Wildman–Crippen MR) is 418 cm³/mol. The molecule has 0 radical (unpaired) electrons. The first-order valence-electron chi connectivity index (χ1n) is 33.7. The number of nitrogens with zero attached hydrogens (tertiary/aromatic N) is 10. The van der Waals surface area contributed by atoms with E-state index in [-0.39, 0.29) is 51.4 Å². The van der Waals surface area contributed by atoms with Gasteiger partial charge in [-0.2, -0.15) is 0 Å². The maximum atomic E-state index is 11.7. The topological polar surface area (TPSA) is 462 Å². The van der Waals surface area contributed by atoms with Crippen molar-refractivity contribution in [3.05, 3.63) is 178 Å². The summed E-state index contributed by atoms with van der Waals surface area (Å²) in [5.74, 6) is -1.92. The van der Waals surface area contributed by atoms with Gasteiger partial charge in [-0.15, -0.1) is 0 Å². The van der Waals surface area contributed by atoms with E-state index in [9.17, 15) is 28.8 Å². The summed E-state index contributed by atoms with van der Waals surface area (Å²) in [4.78, 5) is 91.2. The van der Waals surface area contributed by atoms with Crippen LogP contribution in [-0.2, 0) is 31.0 Å². The summed E-state index contributed by atoms with van der Waals surface area (Å²) in [5.41, 5.74) is 60.7. The summed E-state index contributed by atoms with van der Waals surface area (Å²) < 4.78 is 10.4. The number of para-hydroxylation sites is 4. The number of aromatic nitrogens is 10. The van der Waals surface area contributed by atoms with Crippen LogP contribution in [0.15, 0.2) is 146 Å². The lowest BCUT2D eigenvalue weighted by Crippen LogP contribution is -2.43. The highest BCUT2D eigenvalue weighted by Gasteiger charge is 2.27. The number of anilines is 5. The van der Waals surface area contributed by atoms with Crippen LogP contribution in [0.1, 0.15) is 99.4 Å². The van der Waals surface area contributed by atoms with Gasteiger partial charge in [0.25, 0.3) is 29.5 Å². The zero-order chi connectivity index (χ0) is 75.2. The van der Waals surface area contributed by atoms with Crippen LogP contribution in [0.2, 0.25) is 5.02 Å². The molecule has 28 nitrogen and oxygen atoms in total. The second kappa shape index (κ2) is 28.8. The molecule has 6 amide bonds. The average Bonchev–Trinajstić information content (AvgIpc) is 1.54. The van der Waals surface area contributed by atoms with Gasteiger partial charge >= 0.3 is 0 Å². The van der Waals surface area contributed by atoms with Crippen LogP contribution in [0, 0.1) is 0 Å². The van der Waals surface area contributed by atoms with E-state index >= 15 is 0 Å². The Kier molecular flexibility index (Phi) is 19.7. The lowest BCUT2D eigenvalue weighted by atomic mass is 10.1. The number of fused-ring (bicyclic) bond motifs is 15. The van der Waals surface area contributed by atoms with E-state index in [1.807, 2.05) is 151 Å². The molecule has 15 aromatic rings. The number of carbonyl (C=O) groups excluding carboxylic acids is 6. The molecule has 105 heavy (non-hydrogen) atoms. The highest BCUT2D eigenvalue weighted by molar-refractivity contribution is 6.31. The molecule has 11 heterocycles. The standard InChI is InChI=1S/C16H19N5O.C16H16N4O2.C15H15N5O.C15H16N4O.C14H13ClN4O/c1-16(2,19)8-21-12-6-4-3-5-9(12)10-7-11(14(18)22)13(17)20-15(10)21;1-3-20-13-7-5-4-6-10(13)11-8-12(14(17)22)15(18-9(2)21)19-16(11)20;16-13-11(14(17)21)5-10-9-3-1-2-4-12(9)20(15(10)19-13)8-6-18-7-8;1-3-19-12-7-5-4-6-9(12)10-8-11(13(16)20)14(17-2)18-15(10)19;1-2-19-11-5-7(15)3-4-8(11)9-6-10(13(17)20)12(16)18-14(9)19/h3-7H,8,19H2,1-2H3,(H2,17,20)(H2,18,22);4-8H,3H2,1-2H3,(H2,17,22)(H,18,19,21);1-5,8,18H,6-7H2,(H2,16,19)(H2,17,21);4-8H,3H2,1-2H3,(H2,16,20)(H,17,18);3-6H,2H2,1H3,(H2,16,18)(H2,17,20). The Balaban J connectivity index is 0.000000123. The fraction of sp³-hybridized carbons (Fsp3) is 0.197. The molecule has 0 bridgehead atoms. The lowest BCUT2D eigenvalue weighted by Gasteiger charge is -2.29. The highest BCUT2D eigenvalue weighted by atomic mass is 35.5. The number of hydrogen-bond acceptors (Lipinski definition) is 17. The van der Waals surface area contributed by atoms with Crippen molar-refractivity contribution in [3.63, 3.8) is 0 Å². The normalized spacial score (nSPS) is 12.2. The molecule has 10 aromatic heterocycles. The van der Waals surface area contributed by atoms with Crippen LogP contribution in [0.3, 0.4) is 0 Å². The van der Waals surface area contributed by atoms with Crippen LogP contribution in [0.25, 0.3) is 110 Å². The van der Waals surface area contributed by atoms with Gasteiger partial charge in [0, 0.05) is 118 Å². The van der Waals surface area contributed by atoms with Gasteiger partial charge in [0.2, 0.25) is 5.91 Å². The molecule has 1 fully saturated rings. The Morgan fingerprint density at radius 1 is 0.448 bits per heavy atom. The Morgan fingerprint density at radius 2 is 0.781 bits per heavy atom. The summed E-state index contributed by atoms with van der Waals surface area (Å²) in [6.45, 7) is 16.1. The first-order valence-corrected chi connectivity index (χ1v) is 34.1. The first kappa shape index (κ1) is 71.9. The summed E-state index contributed by atoms with van der Waals surface area (Å²) in [7, 11) is 1.74. The number of rotatable bonds is 13. The molecule has 29 heteroatoms. The first-order chi connectivity index (χ1) is 50.2. The molecule has 0 atom stereocenters. The second-order valence-electron chi connectivity index (χ2n) is 25.9. The Labute approximate surface area is 604 Å². The smallest absolute Gasteiger partial charge is 0.252 e. The number of benzene rings is 5. The van der Waals surface area contributed by atoms with Crippen LogP contribution in [0.5, 0.6) is 0 Å². The molecule has 0 spiro atoms. The van der Waals surface area contributed by atoms with Gasteiger partial charge in [0.05, 0.1) is 61.4 Å². The third-order valence-electron chi connectivity index (χ3n) is 18.3. The van der Waals surface area contributed by atoms with Crippen LogP contribution in [-0.4, -0.2) is 109 Å². The number of halogens is 1. The molecule has 5 aromatic carbocycles. The van der Waals surface area contributed by atoms with E-state index in [1.54, 1.807) is 31.3 Å². The van der Waals surface area contributed by atoms with Gasteiger partial charge in [0.15, 0.2) is 0 Å². The quantitative estimate of drug-likeness (QED) is 0.0510. The molecule has 0 unspecified atom stereocenters. The van der Waals surface area contributed by atoms with Gasteiger partial charge < -0.3 is 90.4 Å². The van der Waals surface area contributed by atoms with Gasteiger partial charge in [-0.25, -0.2) is 24.9 Å². The molecule has 0 saturated carbocycles. The van der Waals surface area contributed by atoms with Crippen LogP contribution >= 0.6 is 11.6 Å². The maximum absolute atomic E-state index is 11.7. The number of nitrogens with two attached hydrogens (primary N) is 9. The number of carbonyl (C=O) groups is 6. The third kappa shape index (κ3) is 13.5. The average molecular weight is 1430 g/mol. The van der Waals surface area contributed by atoms with Crippen LogP contribution < -0.4 is 67.6 Å². The number of aryl methyl sites for hydroxylation is 3. The SMILES string of the molecule is CC(C)(N)Cn1c2ccccc2c2cc(C(N)=O)c(N)nc21.CCn1c2cc(Cl)ccc2c2cc(C(N)=O)c(N)nc21.CCn1c2ccccc2c2cc(C(N)=O)c(NC(C)=O)nc21.CCn1c2ccccc2c2cc(C(N)=O)c(NC)nc21.NC(=O)c1cc2c3ccccc3n(C3CNC3)c2nc1N. The summed E-state index contributed by atoms with van der Waals surface area (Å²) in [6.07, 6.45) is 0. The summed E-state index contributed by atoms with van der Waals surface area (Å²) in [5, 5.41) is 19.0. The number of pyridine rings is 5. The number of hydrogen-bond donors (Lipinski definition) is 12. The summed E-state index contributed by atoms with van der Waals surface area (Å²) >= 11 is 6.06. The van der Waals surface area contributed by atoms with E-state index in [0.717, 1.165) is 137 Å². The molecule has 536 valence electrons. The third-order valence-corrected chi connectivity index (χ3v) is 18.5. The molecule has 1 aliphatic rings. The van der Waals surface area contributed by atoms with E-state index in [2.05, 4.69) is 69.1 Å². The van der Waals surface area contributed by atoms with Crippen molar-refractivity contribution >= 4 is 186 Å². The lowest BCUT2D eigenvalue weighted by molar-refractivity contribution is -0.114. The van der Waals surface area contributed by atoms with Gasteiger partial charge in [-0.3, -0.25) is 28.8 Å². The largest absolute Gasteiger partial charge is 0.383 e. The minimum atomic E-state index is -0.619. The molecule has 21 N–H and O–H groups in total. The van der Waals surface area contributed by atoms with Crippen molar-refractivity contribution in [1.82, 2.24) is 53.1 Å². The van der Waals surface area contributed by atoms with E-state index < -0.39 is 35.1 Å². The van der Waals surface area contributed by atoms with E-state index in [1.165, 1.54) is 6.92 Å². The van der Waals surface area contributed by atoms with Gasteiger partial charge in [-0.05, 0) is 101 Å². The van der Waals surface area contributed by atoms with Crippen molar-refractivity contribution in [3.8, 4) is 0 Å². The second-order valence-corrected chi connectivity index (χ2v) is 26.3. The van der Waals surface area contributed by atoms with Crippen molar-refractivity contribution < 1.29 is 28.8 Å². The van der Waals surface area contributed by atoms with Gasteiger partial charge in [0.1, 0.15) is 57.3 Å².